The summed E-state index contributed by atoms with van der Waals surface area (Å²) in [5, 5.41) is 9.80. The van der Waals surface area contributed by atoms with Crippen molar-refractivity contribution in [3.63, 3.8) is 0 Å². The second kappa shape index (κ2) is 8.78. The Morgan fingerprint density at radius 2 is 1.61 bits per heavy atom. The Morgan fingerprint density at radius 3 is 2.25 bits per heavy atom. The van der Waals surface area contributed by atoms with Gasteiger partial charge in [-0.1, -0.05) is 55.5 Å². The maximum Gasteiger partial charge on any atom is 0.315 e. The third-order valence-corrected chi connectivity index (χ3v) is 6.26. The van der Waals surface area contributed by atoms with Gasteiger partial charge in [0, 0.05) is 25.2 Å². The molecular formula is C24H31N3O. The van der Waals surface area contributed by atoms with Gasteiger partial charge in [0.2, 0.25) is 0 Å². The van der Waals surface area contributed by atoms with Crippen molar-refractivity contribution in [2.75, 3.05) is 6.54 Å². The van der Waals surface area contributed by atoms with Crippen molar-refractivity contribution in [2.24, 2.45) is 5.92 Å². The van der Waals surface area contributed by atoms with Crippen molar-refractivity contribution in [1.82, 2.24) is 16.0 Å². The molecule has 0 radical (unpaired) electrons. The molecule has 0 saturated heterocycles. The van der Waals surface area contributed by atoms with Crippen LogP contribution in [0.15, 0.2) is 48.5 Å². The molecule has 4 heteroatoms. The molecule has 4 rings (SSSR count). The van der Waals surface area contributed by atoms with Crippen molar-refractivity contribution in [1.29, 1.82) is 0 Å². The summed E-state index contributed by atoms with van der Waals surface area (Å²) >= 11 is 0. The van der Waals surface area contributed by atoms with Crippen LogP contribution in [0, 0.1) is 5.92 Å². The SMILES string of the molecule is CC[C@@H](CC1Cc2ccccc2C1)NC(=O)NC[C@@H]1Cc2ccccc2CN1. The molecule has 1 heterocycles. The van der Waals surface area contributed by atoms with E-state index in [0.717, 1.165) is 38.6 Å². The lowest BCUT2D eigenvalue weighted by atomic mass is 9.95. The predicted molar refractivity (Wildman–Crippen MR) is 113 cm³/mol. The van der Waals surface area contributed by atoms with Crippen LogP contribution in [0.5, 0.6) is 0 Å². The second-order valence-electron chi connectivity index (χ2n) is 8.29. The number of hydrogen-bond donors (Lipinski definition) is 3. The molecular weight excluding hydrogens is 346 g/mol. The zero-order valence-electron chi connectivity index (χ0n) is 16.7. The number of nitrogens with one attached hydrogen (secondary N) is 3. The van der Waals surface area contributed by atoms with E-state index in [2.05, 4.69) is 71.4 Å². The minimum Gasteiger partial charge on any atom is -0.337 e. The quantitative estimate of drug-likeness (QED) is 0.721. The zero-order chi connectivity index (χ0) is 19.3. The number of benzene rings is 2. The average molecular weight is 378 g/mol. The largest absolute Gasteiger partial charge is 0.337 e. The normalized spacial score (nSPS) is 19.5. The maximum absolute atomic E-state index is 12.4. The number of rotatable bonds is 6. The van der Waals surface area contributed by atoms with Crippen LogP contribution in [0.25, 0.3) is 0 Å². The molecule has 0 unspecified atom stereocenters. The van der Waals surface area contributed by atoms with Gasteiger partial charge in [-0.25, -0.2) is 4.79 Å². The smallest absolute Gasteiger partial charge is 0.315 e. The van der Waals surface area contributed by atoms with Crippen LogP contribution in [-0.2, 0) is 25.8 Å². The Labute approximate surface area is 168 Å². The molecule has 28 heavy (non-hydrogen) atoms. The molecule has 2 amide bonds. The van der Waals surface area contributed by atoms with Gasteiger partial charge in [0.15, 0.2) is 0 Å². The summed E-state index contributed by atoms with van der Waals surface area (Å²) in [6.45, 7) is 3.70. The van der Waals surface area contributed by atoms with E-state index >= 15 is 0 Å². The second-order valence-corrected chi connectivity index (χ2v) is 8.29. The lowest BCUT2D eigenvalue weighted by molar-refractivity contribution is 0.232. The van der Waals surface area contributed by atoms with E-state index in [-0.39, 0.29) is 12.1 Å². The average Bonchev–Trinajstić information content (AvgIpc) is 3.14. The Kier molecular flexibility index (Phi) is 5.96. The highest BCUT2D eigenvalue weighted by Crippen LogP contribution is 2.29. The first kappa shape index (κ1) is 19.0. The molecule has 0 bridgehead atoms. The van der Waals surface area contributed by atoms with Crippen molar-refractivity contribution in [3.8, 4) is 0 Å². The molecule has 2 aromatic carbocycles. The van der Waals surface area contributed by atoms with Gasteiger partial charge in [-0.15, -0.1) is 0 Å². The number of carbonyl (C=O) groups excluding carboxylic acids is 1. The van der Waals surface area contributed by atoms with Crippen molar-refractivity contribution in [3.05, 3.63) is 70.8 Å². The predicted octanol–water partition coefficient (Wildman–Crippen LogP) is 3.58. The van der Waals surface area contributed by atoms with E-state index in [9.17, 15) is 4.79 Å². The molecule has 0 fully saturated rings. The topological polar surface area (TPSA) is 53.2 Å². The Balaban J connectivity index is 1.22. The van der Waals surface area contributed by atoms with Crippen LogP contribution in [0.2, 0.25) is 0 Å². The highest BCUT2D eigenvalue weighted by atomic mass is 16.2. The summed E-state index contributed by atoms with van der Waals surface area (Å²) in [5.41, 5.74) is 5.72. The van der Waals surface area contributed by atoms with Crippen molar-refractivity contribution in [2.45, 2.75) is 57.7 Å². The fourth-order valence-electron chi connectivity index (χ4n) is 4.66. The van der Waals surface area contributed by atoms with Gasteiger partial charge in [-0.05, 0) is 60.3 Å². The van der Waals surface area contributed by atoms with Crippen LogP contribution in [-0.4, -0.2) is 24.7 Å². The number of urea groups is 1. The van der Waals surface area contributed by atoms with Crippen molar-refractivity contribution < 1.29 is 4.79 Å². The number of carbonyl (C=O) groups is 1. The van der Waals surface area contributed by atoms with Gasteiger partial charge in [0.05, 0.1) is 0 Å². The molecule has 0 spiro atoms. The van der Waals surface area contributed by atoms with Gasteiger partial charge < -0.3 is 16.0 Å². The molecule has 0 saturated carbocycles. The molecule has 0 aromatic heterocycles. The van der Waals surface area contributed by atoms with Gasteiger partial charge in [-0.3, -0.25) is 0 Å². The third kappa shape index (κ3) is 4.56. The first-order chi connectivity index (χ1) is 13.7. The first-order valence-corrected chi connectivity index (χ1v) is 10.6. The molecule has 2 atom stereocenters. The highest BCUT2D eigenvalue weighted by molar-refractivity contribution is 5.74. The lowest BCUT2D eigenvalue weighted by Crippen LogP contribution is -2.49. The monoisotopic (exact) mass is 377 g/mol. The highest BCUT2D eigenvalue weighted by Gasteiger charge is 2.24. The fourth-order valence-corrected chi connectivity index (χ4v) is 4.66. The van der Waals surface area contributed by atoms with E-state index in [1.807, 2.05) is 0 Å². The zero-order valence-corrected chi connectivity index (χ0v) is 16.7. The van der Waals surface area contributed by atoms with Gasteiger partial charge in [-0.2, -0.15) is 0 Å². The standard InChI is InChI=1S/C24H31N3O/c1-2-22(13-17-11-18-7-3-4-8-19(18)12-17)27-24(28)26-16-23-14-20-9-5-6-10-21(20)15-25-23/h3-10,17,22-23,25H,2,11-16H2,1H3,(H2,26,27,28)/t22-,23-/m0/s1. The van der Waals surface area contributed by atoms with E-state index in [0.29, 0.717) is 18.5 Å². The fraction of sp³-hybridized carbons (Fsp3) is 0.458. The minimum atomic E-state index is -0.0389. The van der Waals surface area contributed by atoms with Crippen LogP contribution in [0.1, 0.15) is 42.0 Å². The van der Waals surface area contributed by atoms with Crippen LogP contribution in [0.3, 0.4) is 0 Å². The molecule has 2 aliphatic rings. The van der Waals surface area contributed by atoms with Gasteiger partial charge >= 0.3 is 6.03 Å². The molecule has 3 N–H and O–H groups in total. The van der Waals surface area contributed by atoms with Crippen molar-refractivity contribution >= 4 is 6.03 Å². The third-order valence-electron chi connectivity index (χ3n) is 6.26. The summed E-state index contributed by atoms with van der Waals surface area (Å²) in [4.78, 5) is 12.4. The molecule has 2 aromatic rings. The van der Waals surface area contributed by atoms with E-state index < -0.39 is 0 Å². The summed E-state index contributed by atoms with van der Waals surface area (Å²) in [6.07, 6.45) is 5.26. The summed E-state index contributed by atoms with van der Waals surface area (Å²) in [5.74, 6) is 0.638. The van der Waals surface area contributed by atoms with E-state index in [4.69, 9.17) is 0 Å². The van der Waals surface area contributed by atoms with Crippen LogP contribution >= 0.6 is 0 Å². The first-order valence-electron chi connectivity index (χ1n) is 10.6. The Morgan fingerprint density at radius 1 is 1.00 bits per heavy atom. The van der Waals surface area contributed by atoms with E-state index in [1.54, 1.807) is 0 Å². The number of amides is 2. The number of hydrogen-bond acceptors (Lipinski definition) is 2. The maximum atomic E-state index is 12.4. The van der Waals surface area contributed by atoms with Gasteiger partial charge in [0.25, 0.3) is 0 Å². The minimum absolute atomic E-state index is 0.0389. The van der Waals surface area contributed by atoms with Crippen LogP contribution < -0.4 is 16.0 Å². The molecule has 1 aliphatic heterocycles. The van der Waals surface area contributed by atoms with Gasteiger partial charge in [0.1, 0.15) is 0 Å². The summed E-state index contributed by atoms with van der Waals surface area (Å²) in [6, 6.07) is 17.8. The summed E-state index contributed by atoms with van der Waals surface area (Å²) < 4.78 is 0. The summed E-state index contributed by atoms with van der Waals surface area (Å²) in [7, 11) is 0. The Bertz CT molecular complexity index is 794. The molecule has 4 nitrogen and oxygen atoms in total. The Hall–Kier alpha value is -2.33. The van der Waals surface area contributed by atoms with E-state index in [1.165, 1.54) is 22.3 Å². The lowest BCUT2D eigenvalue weighted by Gasteiger charge is -2.27. The molecule has 148 valence electrons. The molecule has 1 aliphatic carbocycles. The van der Waals surface area contributed by atoms with Crippen LogP contribution in [0.4, 0.5) is 4.79 Å². The number of fused-ring (bicyclic) bond motifs is 2.